The molecule has 2 rings (SSSR count). The van der Waals surface area contributed by atoms with Crippen LogP contribution in [-0.2, 0) is 5.54 Å². The number of ether oxygens (including phenoxy) is 1. The average molecular weight is 178 g/mol. The average Bonchev–Trinajstić information content (AvgIpc) is 2.99. The molecule has 0 saturated heterocycles. The summed E-state index contributed by atoms with van der Waals surface area (Å²) >= 11 is 0. The Morgan fingerprint density at radius 2 is 2.23 bits per heavy atom. The Labute approximate surface area is 78.1 Å². The number of hydrogen-bond donors (Lipinski definition) is 1. The van der Waals surface area contributed by atoms with E-state index in [1.807, 2.05) is 19.2 Å². The molecular formula is C10H14N2O. The molecule has 1 aromatic heterocycles. The molecule has 1 N–H and O–H groups in total. The smallest absolute Gasteiger partial charge is 0.137 e. The molecule has 0 radical (unpaired) electrons. The van der Waals surface area contributed by atoms with Gasteiger partial charge in [-0.15, -0.1) is 0 Å². The number of nitrogens with one attached hydrogen (secondary N) is 1. The van der Waals surface area contributed by atoms with Crippen molar-refractivity contribution < 1.29 is 4.74 Å². The van der Waals surface area contributed by atoms with Crippen LogP contribution in [-0.4, -0.2) is 19.1 Å². The Kier molecular flexibility index (Phi) is 1.96. The lowest BCUT2D eigenvalue weighted by Crippen LogP contribution is -2.25. The third kappa shape index (κ3) is 1.40. The van der Waals surface area contributed by atoms with Crippen LogP contribution in [0.1, 0.15) is 18.5 Å². The molecule has 0 amide bonds. The summed E-state index contributed by atoms with van der Waals surface area (Å²) in [6.07, 6.45) is 4.14. The minimum Gasteiger partial charge on any atom is -0.495 e. The third-order valence-electron chi connectivity index (χ3n) is 2.69. The van der Waals surface area contributed by atoms with E-state index in [-0.39, 0.29) is 5.54 Å². The van der Waals surface area contributed by atoms with Crippen LogP contribution in [0.4, 0.5) is 0 Å². The van der Waals surface area contributed by atoms with Crippen molar-refractivity contribution in [2.45, 2.75) is 18.4 Å². The van der Waals surface area contributed by atoms with E-state index in [1.165, 1.54) is 12.8 Å². The Hall–Kier alpha value is -1.09. The molecule has 3 heteroatoms. The minimum atomic E-state index is 0.159. The zero-order valence-corrected chi connectivity index (χ0v) is 8.00. The quantitative estimate of drug-likeness (QED) is 0.757. The molecule has 1 heterocycles. The summed E-state index contributed by atoms with van der Waals surface area (Å²) in [4.78, 5) is 4.37. The van der Waals surface area contributed by atoms with Crippen molar-refractivity contribution in [3.05, 3.63) is 24.0 Å². The summed E-state index contributed by atoms with van der Waals surface area (Å²) in [7, 11) is 3.64. The van der Waals surface area contributed by atoms with E-state index in [0.29, 0.717) is 0 Å². The highest BCUT2D eigenvalue weighted by Gasteiger charge is 2.43. The lowest BCUT2D eigenvalue weighted by molar-refractivity contribution is 0.411. The first-order chi connectivity index (χ1) is 6.30. The Bertz CT molecular complexity index is 290. The molecular weight excluding hydrogens is 164 g/mol. The summed E-state index contributed by atoms with van der Waals surface area (Å²) < 4.78 is 5.05. The number of hydrogen-bond acceptors (Lipinski definition) is 3. The summed E-state index contributed by atoms with van der Waals surface area (Å²) in [6.45, 7) is 0. The van der Waals surface area contributed by atoms with E-state index >= 15 is 0 Å². The fourth-order valence-corrected chi connectivity index (χ4v) is 1.54. The number of pyridine rings is 1. The maximum atomic E-state index is 5.05. The van der Waals surface area contributed by atoms with Crippen molar-refractivity contribution in [2.24, 2.45) is 0 Å². The van der Waals surface area contributed by atoms with Gasteiger partial charge < -0.3 is 10.1 Å². The first kappa shape index (κ1) is 8.51. The van der Waals surface area contributed by atoms with Gasteiger partial charge in [0, 0.05) is 0 Å². The second-order valence-electron chi connectivity index (χ2n) is 3.42. The molecule has 0 bridgehead atoms. The minimum absolute atomic E-state index is 0.159. The van der Waals surface area contributed by atoms with Gasteiger partial charge in [0.05, 0.1) is 24.5 Å². The van der Waals surface area contributed by atoms with E-state index in [9.17, 15) is 0 Å². The molecule has 13 heavy (non-hydrogen) atoms. The van der Waals surface area contributed by atoms with Gasteiger partial charge in [-0.25, -0.2) is 0 Å². The topological polar surface area (TPSA) is 34.1 Å². The van der Waals surface area contributed by atoms with Crippen molar-refractivity contribution in [3.63, 3.8) is 0 Å². The summed E-state index contributed by atoms with van der Waals surface area (Å²) in [6, 6.07) is 3.99. The van der Waals surface area contributed by atoms with Gasteiger partial charge in [-0.3, -0.25) is 4.98 Å². The van der Waals surface area contributed by atoms with Crippen molar-refractivity contribution in [1.82, 2.24) is 10.3 Å². The molecule has 1 aromatic rings. The summed E-state index contributed by atoms with van der Waals surface area (Å²) in [5.41, 5.74) is 1.28. The fourth-order valence-electron chi connectivity index (χ4n) is 1.54. The van der Waals surface area contributed by atoms with E-state index in [0.717, 1.165) is 11.4 Å². The van der Waals surface area contributed by atoms with E-state index < -0.39 is 0 Å². The molecule has 0 unspecified atom stereocenters. The molecule has 0 atom stereocenters. The van der Waals surface area contributed by atoms with Gasteiger partial charge in [0.2, 0.25) is 0 Å². The van der Waals surface area contributed by atoms with Crippen molar-refractivity contribution >= 4 is 0 Å². The van der Waals surface area contributed by atoms with Crippen LogP contribution in [0.3, 0.4) is 0 Å². The molecule has 1 aliphatic rings. The number of aromatic nitrogens is 1. The van der Waals surface area contributed by atoms with Crippen LogP contribution in [0.5, 0.6) is 5.75 Å². The van der Waals surface area contributed by atoms with Crippen LogP contribution in [0.2, 0.25) is 0 Å². The van der Waals surface area contributed by atoms with Gasteiger partial charge in [0.1, 0.15) is 5.75 Å². The largest absolute Gasteiger partial charge is 0.495 e. The maximum absolute atomic E-state index is 5.05. The fraction of sp³-hybridized carbons (Fsp3) is 0.500. The van der Waals surface area contributed by atoms with Gasteiger partial charge in [-0.05, 0) is 32.0 Å². The normalized spacial score (nSPS) is 18.3. The van der Waals surface area contributed by atoms with E-state index in [4.69, 9.17) is 4.74 Å². The zero-order valence-electron chi connectivity index (χ0n) is 8.00. The molecule has 0 aliphatic heterocycles. The standard InChI is InChI=1S/C10H14N2O/c1-11-10(5-6-10)9-4-3-8(13-2)7-12-9/h3-4,7,11H,5-6H2,1-2H3. The Morgan fingerprint density at radius 1 is 1.46 bits per heavy atom. The zero-order chi connectivity index (χ0) is 9.31. The molecule has 1 aliphatic carbocycles. The van der Waals surface area contributed by atoms with Crippen molar-refractivity contribution in [1.29, 1.82) is 0 Å². The van der Waals surface area contributed by atoms with Crippen LogP contribution < -0.4 is 10.1 Å². The highest BCUT2D eigenvalue weighted by atomic mass is 16.5. The van der Waals surface area contributed by atoms with Crippen LogP contribution in [0, 0.1) is 0 Å². The summed E-state index contributed by atoms with van der Waals surface area (Å²) in [5.74, 6) is 0.815. The van der Waals surface area contributed by atoms with Gasteiger partial charge in [-0.1, -0.05) is 0 Å². The molecule has 0 aromatic carbocycles. The van der Waals surface area contributed by atoms with E-state index in [2.05, 4.69) is 10.3 Å². The lowest BCUT2D eigenvalue weighted by atomic mass is 10.1. The van der Waals surface area contributed by atoms with Crippen LogP contribution in [0.15, 0.2) is 18.3 Å². The second-order valence-corrected chi connectivity index (χ2v) is 3.42. The molecule has 1 fully saturated rings. The first-order valence-electron chi connectivity index (χ1n) is 4.50. The number of nitrogens with zero attached hydrogens (tertiary/aromatic N) is 1. The van der Waals surface area contributed by atoms with Gasteiger partial charge in [0.15, 0.2) is 0 Å². The Balaban J connectivity index is 2.23. The molecule has 0 spiro atoms. The highest BCUT2D eigenvalue weighted by molar-refractivity contribution is 5.27. The monoisotopic (exact) mass is 178 g/mol. The SMILES string of the molecule is CNC1(c2ccc(OC)cn2)CC1. The van der Waals surface area contributed by atoms with Gasteiger partial charge >= 0.3 is 0 Å². The summed E-state index contributed by atoms with van der Waals surface area (Å²) in [5, 5.41) is 3.30. The predicted octanol–water partition coefficient (Wildman–Crippen LogP) is 1.30. The number of rotatable bonds is 3. The van der Waals surface area contributed by atoms with Gasteiger partial charge in [-0.2, -0.15) is 0 Å². The van der Waals surface area contributed by atoms with Crippen LogP contribution >= 0.6 is 0 Å². The molecule has 1 saturated carbocycles. The Morgan fingerprint density at radius 3 is 2.62 bits per heavy atom. The maximum Gasteiger partial charge on any atom is 0.137 e. The van der Waals surface area contributed by atoms with Gasteiger partial charge in [0.25, 0.3) is 0 Å². The number of methoxy groups -OCH3 is 1. The predicted molar refractivity (Wildman–Crippen MR) is 50.8 cm³/mol. The molecule has 70 valence electrons. The molecule has 3 nitrogen and oxygen atoms in total. The van der Waals surface area contributed by atoms with E-state index in [1.54, 1.807) is 13.3 Å². The first-order valence-corrected chi connectivity index (χ1v) is 4.50. The van der Waals surface area contributed by atoms with Crippen molar-refractivity contribution in [2.75, 3.05) is 14.2 Å². The third-order valence-corrected chi connectivity index (χ3v) is 2.69. The lowest BCUT2D eigenvalue weighted by Gasteiger charge is -2.13. The highest BCUT2D eigenvalue weighted by Crippen LogP contribution is 2.44. The second kappa shape index (κ2) is 3.00. The van der Waals surface area contributed by atoms with Crippen molar-refractivity contribution in [3.8, 4) is 5.75 Å². The van der Waals surface area contributed by atoms with Crippen LogP contribution in [0.25, 0.3) is 0 Å².